The number of carbonyl (C=O) groups is 2. The molecule has 116 valence electrons. The first kappa shape index (κ1) is 17.0. The number of carbonyl (C=O) groups excluding carboxylic acids is 1. The number of hydrogen-bond donors (Lipinski definition) is 3. The van der Waals surface area contributed by atoms with Gasteiger partial charge in [0.15, 0.2) is 6.61 Å². The predicted molar refractivity (Wildman–Crippen MR) is 79.2 cm³/mol. The molecule has 0 heterocycles. The second-order valence-corrected chi connectivity index (χ2v) is 5.73. The van der Waals surface area contributed by atoms with Crippen molar-refractivity contribution in [3.63, 3.8) is 0 Å². The molecule has 0 aliphatic rings. The molecule has 0 aliphatic heterocycles. The molecule has 0 aliphatic carbocycles. The van der Waals surface area contributed by atoms with E-state index in [1.54, 1.807) is 12.1 Å². The smallest absolute Gasteiger partial charge is 0.317 e. The summed E-state index contributed by atoms with van der Waals surface area (Å²) in [7, 11) is 0. The van der Waals surface area contributed by atoms with Crippen molar-refractivity contribution in [2.24, 2.45) is 0 Å². The lowest BCUT2D eigenvalue weighted by Gasteiger charge is -2.20. The molecule has 0 unspecified atom stereocenters. The average molecular weight is 294 g/mol. The predicted octanol–water partition coefficient (Wildman–Crippen LogP) is 1.15. The summed E-state index contributed by atoms with van der Waals surface area (Å²) in [5, 5.41) is 14.1. The third kappa shape index (κ3) is 7.94. The Morgan fingerprint density at radius 3 is 2.33 bits per heavy atom. The minimum Gasteiger partial charge on any atom is -0.484 e. The maximum Gasteiger partial charge on any atom is 0.317 e. The van der Waals surface area contributed by atoms with Gasteiger partial charge in [-0.25, -0.2) is 0 Å². The summed E-state index contributed by atoms with van der Waals surface area (Å²) in [6.07, 6.45) is 0. The maximum atomic E-state index is 11.6. The number of hydrogen-bond acceptors (Lipinski definition) is 4. The van der Waals surface area contributed by atoms with Crippen LogP contribution in [0.1, 0.15) is 26.3 Å². The van der Waals surface area contributed by atoms with Gasteiger partial charge in [0, 0.05) is 12.1 Å². The minimum absolute atomic E-state index is 0.0338. The second kappa shape index (κ2) is 7.64. The van der Waals surface area contributed by atoms with Gasteiger partial charge in [0.2, 0.25) is 0 Å². The highest BCUT2D eigenvalue weighted by Crippen LogP contribution is 2.12. The van der Waals surface area contributed by atoms with Crippen LogP contribution in [-0.2, 0) is 16.1 Å². The maximum absolute atomic E-state index is 11.6. The molecule has 3 N–H and O–H groups in total. The Kier molecular flexibility index (Phi) is 6.17. The van der Waals surface area contributed by atoms with Gasteiger partial charge in [-0.15, -0.1) is 0 Å². The van der Waals surface area contributed by atoms with Gasteiger partial charge in [-0.3, -0.25) is 9.59 Å². The zero-order chi connectivity index (χ0) is 15.9. The summed E-state index contributed by atoms with van der Waals surface area (Å²) in [5.41, 5.74) is 0.669. The summed E-state index contributed by atoms with van der Waals surface area (Å²) < 4.78 is 5.38. The number of nitrogens with one attached hydrogen (secondary N) is 2. The quantitative estimate of drug-likeness (QED) is 0.702. The average Bonchev–Trinajstić information content (AvgIpc) is 2.35. The lowest BCUT2D eigenvalue weighted by atomic mass is 10.1. The van der Waals surface area contributed by atoms with Gasteiger partial charge in [-0.1, -0.05) is 12.1 Å². The zero-order valence-electron chi connectivity index (χ0n) is 12.6. The Morgan fingerprint density at radius 1 is 1.19 bits per heavy atom. The molecule has 1 aromatic carbocycles. The topological polar surface area (TPSA) is 87.7 Å². The first-order valence-electron chi connectivity index (χ1n) is 6.71. The van der Waals surface area contributed by atoms with E-state index in [-0.39, 0.29) is 24.6 Å². The number of benzene rings is 1. The van der Waals surface area contributed by atoms with Crippen molar-refractivity contribution in [3.8, 4) is 5.75 Å². The highest BCUT2D eigenvalue weighted by Gasteiger charge is 2.13. The largest absolute Gasteiger partial charge is 0.484 e. The Labute approximate surface area is 124 Å². The lowest BCUT2D eigenvalue weighted by molar-refractivity contribution is -0.136. The van der Waals surface area contributed by atoms with Crippen LogP contribution >= 0.6 is 0 Å². The van der Waals surface area contributed by atoms with Crippen LogP contribution in [0.2, 0.25) is 0 Å². The van der Waals surface area contributed by atoms with Gasteiger partial charge in [0.1, 0.15) is 5.75 Å². The molecule has 1 aromatic rings. The van der Waals surface area contributed by atoms with Crippen molar-refractivity contribution in [2.75, 3.05) is 13.2 Å². The van der Waals surface area contributed by atoms with Crippen LogP contribution in [0.25, 0.3) is 0 Å². The van der Waals surface area contributed by atoms with Crippen molar-refractivity contribution in [3.05, 3.63) is 29.8 Å². The van der Waals surface area contributed by atoms with E-state index >= 15 is 0 Å². The molecule has 0 saturated carbocycles. The van der Waals surface area contributed by atoms with Crippen molar-refractivity contribution < 1.29 is 19.4 Å². The van der Waals surface area contributed by atoms with E-state index in [1.165, 1.54) is 0 Å². The standard InChI is InChI=1S/C15H22N2O4/c1-15(2,3)17-13(18)10-21-12-6-4-11(5-7-12)8-16-9-14(19)20/h4-7,16H,8-10H2,1-3H3,(H,17,18)(H,19,20). The van der Waals surface area contributed by atoms with E-state index in [2.05, 4.69) is 10.6 Å². The van der Waals surface area contributed by atoms with E-state index in [9.17, 15) is 9.59 Å². The summed E-state index contributed by atoms with van der Waals surface area (Å²) in [6, 6.07) is 7.15. The highest BCUT2D eigenvalue weighted by molar-refractivity contribution is 5.78. The van der Waals surface area contributed by atoms with Crippen molar-refractivity contribution in [1.29, 1.82) is 0 Å². The van der Waals surface area contributed by atoms with Gasteiger partial charge < -0.3 is 20.5 Å². The summed E-state index contributed by atoms with van der Waals surface area (Å²) in [6.45, 7) is 6.08. The summed E-state index contributed by atoms with van der Waals surface area (Å²) in [5.74, 6) is -0.462. The molecular weight excluding hydrogens is 272 g/mol. The van der Waals surface area contributed by atoms with Crippen LogP contribution in [0.4, 0.5) is 0 Å². The number of rotatable bonds is 7. The molecule has 0 atom stereocenters. The third-order valence-electron chi connectivity index (χ3n) is 2.41. The van der Waals surface area contributed by atoms with Gasteiger partial charge in [-0.2, -0.15) is 0 Å². The Hall–Kier alpha value is -2.08. The number of aliphatic carboxylic acids is 1. The SMILES string of the molecule is CC(C)(C)NC(=O)COc1ccc(CNCC(=O)O)cc1. The number of amides is 1. The first-order chi connectivity index (χ1) is 9.76. The molecular formula is C15H22N2O4. The Bertz CT molecular complexity index is 477. The van der Waals surface area contributed by atoms with E-state index in [0.717, 1.165) is 5.56 Å². The van der Waals surface area contributed by atoms with Crippen LogP contribution in [0, 0.1) is 0 Å². The summed E-state index contributed by atoms with van der Waals surface area (Å²) in [4.78, 5) is 22.0. The van der Waals surface area contributed by atoms with E-state index in [0.29, 0.717) is 12.3 Å². The second-order valence-electron chi connectivity index (χ2n) is 5.73. The van der Waals surface area contributed by atoms with Crippen LogP contribution in [0.5, 0.6) is 5.75 Å². The fourth-order valence-corrected chi connectivity index (χ4v) is 1.62. The highest BCUT2D eigenvalue weighted by atomic mass is 16.5. The van der Waals surface area contributed by atoms with Crippen LogP contribution in [-0.4, -0.2) is 35.7 Å². The van der Waals surface area contributed by atoms with E-state index in [1.807, 2.05) is 32.9 Å². The molecule has 0 radical (unpaired) electrons. The molecule has 0 fully saturated rings. The van der Waals surface area contributed by atoms with Gasteiger partial charge in [0.05, 0.1) is 6.54 Å². The Morgan fingerprint density at radius 2 is 1.81 bits per heavy atom. The van der Waals surface area contributed by atoms with Crippen molar-refractivity contribution in [1.82, 2.24) is 10.6 Å². The molecule has 6 heteroatoms. The van der Waals surface area contributed by atoms with E-state index < -0.39 is 5.97 Å². The molecule has 0 bridgehead atoms. The molecule has 21 heavy (non-hydrogen) atoms. The van der Waals surface area contributed by atoms with Gasteiger partial charge in [-0.05, 0) is 38.5 Å². The van der Waals surface area contributed by atoms with Crippen molar-refractivity contribution in [2.45, 2.75) is 32.9 Å². The molecule has 0 saturated heterocycles. The van der Waals surface area contributed by atoms with Crippen LogP contribution in [0.15, 0.2) is 24.3 Å². The first-order valence-corrected chi connectivity index (χ1v) is 6.71. The van der Waals surface area contributed by atoms with Gasteiger partial charge >= 0.3 is 5.97 Å². The fourth-order valence-electron chi connectivity index (χ4n) is 1.62. The molecule has 1 amide bonds. The lowest BCUT2D eigenvalue weighted by Crippen LogP contribution is -2.43. The van der Waals surface area contributed by atoms with Crippen LogP contribution in [0.3, 0.4) is 0 Å². The minimum atomic E-state index is -0.889. The molecule has 0 aromatic heterocycles. The fraction of sp³-hybridized carbons (Fsp3) is 0.467. The monoisotopic (exact) mass is 294 g/mol. The number of carboxylic acids is 1. The number of carboxylic acid groups (broad SMARTS) is 1. The normalized spacial score (nSPS) is 11.0. The molecule has 0 spiro atoms. The molecule has 6 nitrogen and oxygen atoms in total. The third-order valence-corrected chi connectivity index (χ3v) is 2.41. The Balaban J connectivity index is 2.37. The van der Waals surface area contributed by atoms with Crippen LogP contribution < -0.4 is 15.4 Å². The molecule has 1 rings (SSSR count). The van der Waals surface area contributed by atoms with Gasteiger partial charge in [0.25, 0.3) is 5.91 Å². The number of ether oxygens (including phenoxy) is 1. The summed E-state index contributed by atoms with van der Waals surface area (Å²) >= 11 is 0. The zero-order valence-corrected chi connectivity index (χ0v) is 12.6. The van der Waals surface area contributed by atoms with E-state index in [4.69, 9.17) is 9.84 Å². The van der Waals surface area contributed by atoms with Crippen molar-refractivity contribution >= 4 is 11.9 Å².